The summed E-state index contributed by atoms with van der Waals surface area (Å²) < 4.78 is 36.8. The number of fused-ring (bicyclic) bond motifs is 5. The summed E-state index contributed by atoms with van der Waals surface area (Å²) in [6.45, 7) is 2.25. The summed E-state index contributed by atoms with van der Waals surface area (Å²) in [5.74, 6) is 1.73. The van der Waals surface area contributed by atoms with E-state index in [2.05, 4.69) is 11.1 Å². The standard InChI is InChI=1S/C18H24O5S/c1-18-9-8-14-13-5-3-12(23-24(20,21)22)10-11(13)2-4-15(14)16(18)6-7-17(18)19/h3,5,10,14-17,19H,2,4,6-9H2,1H3,(H,20,21,22)/p-1/t14-,15+,16+,17+,18+/m1/s1. The molecule has 3 aliphatic rings. The largest absolute Gasteiger partial charge is 0.716 e. The van der Waals surface area contributed by atoms with Gasteiger partial charge in [-0.3, -0.25) is 0 Å². The highest BCUT2D eigenvalue weighted by Crippen LogP contribution is 2.60. The van der Waals surface area contributed by atoms with E-state index in [0.29, 0.717) is 17.8 Å². The van der Waals surface area contributed by atoms with Gasteiger partial charge in [0, 0.05) is 0 Å². The Hall–Kier alpha value is -1.11. The molecule has 24 heavy (non-hydrogen) atoms. The highest BCUT2D eigenvalue weighted by molar-refractivity contribution is 7.81. The van der Waals surface area contributed by atoms with E-state index in [0.717, 1.165) is 44.1 Å². The number of aliphatic hydroxyl groups is 1. The molecule has 1 aromatic carbocycles. The zero-order valence-electron chi connectivity index (χ0n) is 13.8. The molecule has 0 amide bonds. The Morgan fingerprint density at radius 3 is 2.79 bits per heavy atom. The van der Waals surface area contributed by atoms with E-state index in [-0.39, 0.29) is 17.3 Å². The molecule has 0 aromatic heterocycles. The Bertz CT molecular complexity index is 759. The molecular formula is C18H23O5S-. The van der Waals surface area contributed by atoms with Crippen LogP contribution in [0.3, 0.4) is 0 Å². The number of aryl methyl sites for hydroxylation is 1. The van der Waals surface area contributed by atoms with Crippen molar-refractivity contribution in [3.63, 3.8) is 0 Å². The van der Waals surface area contributed by atoms with Crippen LogP contribution in [0.4, 0.5) is 0 Å². The van der Waals surface area contributed by atoms with Crippen LogP contribution in [-0.2, 0) is 16.8 Å². The van der Waals surface area contributed by atoms with Crippen LogP contribution >= 0.6 is 0 Å². The second-order valence-electron chi connectivity index (χ2n) is 7.91. The Kier molecular flexibility index (Phi) is 3.71. The minimum Gasteiger partial charge on any atom is -0.716 e. The zero-order valence-corrected chi connectivity index (χ0v) is 14.6. The number of rotatable bonds is 2. The lowest BCUT2D eigenvalue weighted by Crippen LogP contribution is -2.43. The molecule has 4 rings (SSSR count). The number of hydrogen-bond donors (Lipinski definition) is 1. The van der Waals surface area contributed by atoms with Gasteiger partial charge in [0.15, 0.2) is 0 Å². The maximum Gasteiger partial charge on any atom is 0.262 e. The molecule has 0 bridgehead atoms. The van der Waals surface area contributed by atoms with Crippen molar-refractivity contribution in [2.75, 3.05) is 0 Å². The zero-order chi connectivity index (χ0) is 17.1. The van der Waals surface area contributed by atoms with Gasteiger partial charge in [0.1, 0.15) is 5.75 Å². The van der Waals surface area contributed by atoms with Crippen molar-refractivity contribution < 1.29 is 22.3 Å². The van der Waals surface area contributed by atoms with Crippen LogP contribution in [0.15, 0.2) is 18.2 Å². The van der Waals surface area contributed by atoms with Gasteiger partial charge >= 0.3 is 0 Å². The van der Waals surface area contributed by atoms with Gasteiger partial charge in [0.25, 0.3) is 10.4 Å². The molecule has 1 aromatic rings. The Morgan fingerprint density at radius 1 is 1.25 bits per heavy atom. The van der Waals surface area contributed by atoms with Gasteiger partial charge in [-0.1, -0.05) is 13.0 Å². The summed E-state index contributed by atoms with van der Waals surface area (Å²) in [7, 11) is -4.73. The molecule has 1 N–H and O–H groups in total. The van der Waals surface area contributed by atoms with Crippen LogP contribution < -0.4 is 4.18 Å². The van der Waals surface area contributed by atoms with E-state index in [4.69, 9.17) is 0 Å². The lowest BCUT2D eigenvalue weighted by molar-refractivity contribution is -0.0226. The van der Waals surface area contributed by atoms with Crippen molar-refractivity contribution in [3.8, 4) is 5.75 Å². The van der Waals surface area contributed by atoms with E-state index in [1.165, 1.54) is 5.56 Å². The maximum absolute atomic E-state index is 10.8. The van der Waals surface area contributed by atoms with E-state index >= 15 is 0 Å². The van der Waals surface area contributed by atoms with Crippen LogP contribution in [0.1, 0.15) is 56.1 Å². The van der Waals surface area contributed by atoms with Gasteiger partial charge in [-0.15, -0.1) is 0 Å². The third kappa shape index (κ3) is 2.55. The average Bonchev–Trinajstić information content (AvgIpc) is 2.81. The lowest BCUT2D eigenvalue weighted by atomic mass is 9.55. The van der Waals surface area contributed by atoms with Gasteiger partial charge in [-0.25, -0.2) is 8.42 Å². The molecular weight excluding hydrogens is 328 g/mol. The minimum atomic E-state index is -4.73. The van der Waals surface area contributed by atoms with E-state index in [9.17, 15) is 18.1 Å². The van der Waals surface area contributed by atoms with Crippen molar-refractivity contribution in [1.82, 2.24) is 0 Å². The molecule has 132 valence electrons. The summed E-state index contributed by atoms with van der Waals surface area (Å²) >= 11 is 0. The molecule has 0 saturated heterocycles. The fourth-order valence-electron chi connectivity index (χ4n) is 5.70. The maximum atomic E-state index is 10.8. The smallest absolute Gasteiger partial charge is 0.262 e. The van der Waals surface area contributed by atoms with Gasteiger partial charge in [-0.05, 0) is 85.0 Å². The average molecular weight is 351 g/mol. The molecule has 3 aliphatic carbocycles. The highest BCUT2D eigenvalue weighted by atomic mass is 32.3. The van der Waals surface area contributed by atoms with Crippen LogP contribution in [0.2, 0.25) is 0 Å². The molecule has 5 nitrogen and oxygen atoms in total. The first-order valence-corrected chi connectivity index (χ1v) is 10.1. The normalized spacial score (nSPS) is 38.1. The fourth-order valence-corrected chi connectivity index (χ4v) is 6.04. The molecule has 2 fully saturated rings. The fraction of sp³-hybridized carbons (Fsp3) is 0.667. The minimum absolute atomic E-state index is 0.0539. The number of hydrogen-bond acceptors (Lipinski definition) is 5. The summed E-state index contributed by atoms with van der Waals surface area (Å²) in [5.41, 5.74) is 2.42. The van der Waals surface area contributed by atoms with E-state index in [1.807, 2.05) is 6.07 Å². The Balaban J connectivity index is 1.63. The van der Waals surface area contributed by atoms with Gasteiger partial charge in [0.05, 0.1) is 6.10 Å². The van der Waals surface area contributed by atoms with Gasteiger partial charge in [-0.2, -0.15) is 0 Å². The quantitative estimate of drug-likeness (QED) is 0.654. The lowest BCUT2D eigenvalue weighted by Gasteiger charge is -2.50. The number of benzene rings is 1. The van der Waals surface area contributed by atoms with Crippen molar-refractivity contribution in [1.29, 1.82) is 0 Å². The topological polar surface area (TPSA) is 86.7 Å². The number of aliphatic hydroxyl groups excluding tert-OH is 1. The summed E-state index contributed by atoms with van der Waals surface area (Å²) in [6, 6.07) is 5.23. The molecule has 5 atom stereocenters. The Morgan fingerprint density at radius 2 is 2.04 bits per heavy atom. The van der Waals surface area contributed by atoms with Crippen LogP contribution in [0.25, 0.3) is 0 Å². The molecule has 2 saturated carbocycles. The van der Waals surface area contributed by atoms with Crippen molar-refractivity contribution >= 4 is 10.4 Å². The second-order valence-corrected chi connectivity index (χ2v) is 8.89. The SMILES string of the molecule is C[C@]12CC[C@@H]3c4ccc(OS(=O)(=O)[O-])cc4CC[C@@H]3[C@@H]1CC[C@@H]2O. The van der Waals surface area contributed by atoms with Gasteiger partial charge < -0.3 is 13.8 Å². The highest BCUT2D eigenvalue weighted by Gasteiger charge is 2.54. The third-order valence-electron chi connectivity index (χ3n) is 6.85. The van der Waals surface area contributed by atoms with E-state index < -0.39 is 10.4 Å². The monoisotopic (exact) mass is 351 g/mol. The first kappa shape index (κ1) is 16.4. The van der Waals surface area contributed by atoms with Crippen LogP contribution in [-0.4, -0.2) is 24.2 Å². The summed E-state index contributed by atoms with van der Waals surface area (Å²) in [6.07, 6.45) is 5.85. The molecule has 6 heteroatoms. The predicted molar refractivity (Wildman–Crippen MR) is 87.4 cm³/mol. The third-order valence-corrected chi connectivity index (χ3v) is 7.24. The molecule has 0 unspecified atom stereocenters. The first-order chi connectivity index (χ1) is 11.3. The molecule has 0 radical (unpaired) electrons. The summed E-state index contributed by atoms with van der Waals surface area (Å²) in [5, 5.41) is 10.4. The predicted octanol–water partition coefficient (Wildman–Crippen LogP) is 2.74. The van der Waals surface area contributed by atoms with Crippen molar-refractivity contribution in [2.45, 2.75) is 57.5 Å². The second kappa shape index (κ2) is 5.44. The molecule has 0 heterocycles. The summed E-state index contributed by atoms with van der Waals surface area (Å²) in [4.78, 5) is 0. The van der Waals surface area contributed by atoms with Crippen molar-refractivity contribution in [2.24, 2.45) is 17.3 Å². The van der Waals surface area contributed by atoms with Crippen LogP contribution in [0.5, 0.6) is 5.75 Å². The molecule has 0 aliphatic heterocycles. The van der Waals surface area contributed by atoms with Crippen molar-refractivity contribution in [3.05, 3.63) is 29.3 Å². The van der Waals surface area contributed by atoms with Crippen LogP contribution in [0, 0.1) is 17.3 Å². The first-order valence-electron chi connectivity index (χ1n) is 8.74. The molecule has 0 spiro atoms. The van der Waals surface area contributed by atoms with E-state index in [1.54, 1.807) is 12.1 Å². The Labute approximate surface area is 143 Å². The van der Waals surface area contributed by atoms with Gasteiger partial charge in [0.2, 0.25) is 0 Å².